The number of rotatable bonds is 5. The van der Waals surface area contributed by atoms with Crippen LogP contribution in [0.4, 0.5) is 10.2 Å². The summed E-state index contributed by atoms with van der Waals surface area (Å²) in [7, 11) is 5.49. The van der Waals surface area contributed by atoms with Gasteiger partial charge in [0.2, 0.25) is 0 Å². The highest BCUT2D eigenvalue weighted by Crippen LogP contribution is 2.19. The molecule has 3 aromatic rings. The Morgan fingerprint density at radius 3 is 2.56 bits per heavy atom. The van der Waals surface area contributed by atoms with E-state index in [0.29, 0.717) is 17.2 Å². The molecule has 140 valence electrons. The van der Waals surface area contributed by atoms with Crippen molar-refractivity contribution < 1.29 is 9.18 Å². The number of aromatic nitrogens is 4. The molecule has 2 aromatic heterocycles. The van der Waals surface area contributed by atoms with Gasteiger partial charge in [-0.15, -0.1) is 0 Å². The Labute approximate surface area is 156 Å². The maximum absolute atomic E-state index is 13.1. The molecule has 0 saturated heterocycles. The van der Waals surface area contributed by atoms with Gasteiger partial charge in [0.15, 0.2) is 0 Å². The first-order valence-electron chi connectivity index (χ1n) is 8.43. The molecular weight excluding hydrogens is 347 g/mol. The van der Waals surface area contributed by atoms with Crippen LogP contribution in [0, 0.1) is 12.7 Å². The smallest absolute Gasteiger partial charge is 0.269 e. The van der Waals surface area contributed by atoms with Crippen molar-refractivity contribution in [3.8, 4) is 11.3 Å². The highest BCUT2D eigenvalue weighted by Gasteiger charge is 2.15. The summed E-state index contributed by atoms with van der Waals surface area (Å²) in [5, 5.41) is 7.15. The molecule has 8 heteroatoms. The van der Waals surface area contributed by atoms with E-state index in [2.05, 4.69) is 20.4 Å². The van der Waals surface area contributed by atoms with Gasteiger partial charge in [0.05, 0.1) is 12.2 Å². The molecule has 3 rings (SSSR count). The largest absolute Gasteiger partial charge is 0.363 e. The van der Waals surface area contributed by atoms with Crippen molar-refractivity contribution in [1.82, 2.24) is 25.1 Å². The second-order valence-electron chi connectivity index (χ2n) is 6.41. The van der Waals surface area contributed by atoms with Gasteiger partial charge >= 0.3 is 0 Å². The van der Waals surface area contributed by atoms with Crippen LogP contribution in [0.3, 0.4) is 0 Å². The fourth-order valence-corrected chi connectivity index (χ4v) is 2.61. The molecule has 0 aliphatic rings. The number of anilines is 1. The Morgan fingerprint density at radius 1 is 1.19 bits per heavy atom. The maximum atomic E-state index is 13.1. The Bertz CT molecular complexity index is 965. The van der Waals surface area contributed by atoms with E-state index in [1.165, 1.54) is 16.8 Å². The zero-order valence-corrected chi connectivity index (χ0v) is 15.7. The van der Waals surface area contributed by atoms with Crippen LogP contribution in [-0.2, 0) is 13.6 Å². The lowest BCUT2D eigenvalue weighted by atomic mass is 10.1. The molecule has 0 spiro atoms. The molecule has 0 bridgehead atoms. The Morgan fingerprint density at radius 2 is 1.89 bits per heavy atom. The fourth-order valence-electron chi connectivity index (χ4n) is 2.61. The molecule has 2 heterocycles. The van der Waals surface area contributed by atoms with Crippen LogP contribution in [0.2, 0.25) is 0 Å². The first-order chi connectivity index (χ1) is 12.8. The van der Waals surface area contributed by atoms with Gasteiger partial charge in [0.1, 0.15) is 23.2 Å². The number of benzene rings is 1. The number of hydrogen-bond acceptors (Lipinski definition) is 5. The highest BCUT2D eigenvalue weighted by atomic mass is 19.1. The van der Waals surface area contributed by atoms with Crippen molar-refractivity contribution >= 4 is 11.7 Å². The third-order valence-corrected chi connectivity index (χ3v) is 4.00. The number of hydrogen-bond donors (Lipinski definition) is 1. The lowest BCUT2D eigenvalue weighted by Gasteiger charge is -2.13. The average Bonchev–Trinajstić information content (AvgIpc) is 3.01. The molecule has 0 aliphatic heterocycles. The van der Waals surface area contributed by atoms with E-state index in [-0.39, 0.29) is 18.3 Å². The van der Waals surface area contributed by atoms with Crippen LogP contribution in [0.15, 0.2) is 36.4 Å². The summed E-state index contributed by atoms with van der Waals surface area (Å²) in [6.45, 7) is 2.09. The SMILES string of the molecule is Cc1cc(N(C)C)nc(CNC(=O)c2cc(-c3ccc(F)cc3)nn2C)n1. The Kier molecular flexibility index (Phi) is 5.16. The predicted octanol–water partition coefficient (Wildman–Crippen LogP) is 2.32. The van der Waals surface area contributed by atoms with Crippen molar-refractivity contribution in [2.75, 3.05) is 19.0 Å². The molecule has 0 aliphatic carbocycles. The van der Waals surface area contributed by atoms with Crippen LogP contribution in [0.25, 0.3) is 11.3 Å². The lowest BCUT2D eigenvalue weighted by Crippen LogP contribution is -2.26. The van der Waals surface area contributed by atoms with Gasteiger partial charge in [0.25, 0.3) is 5.91 Å². The normalized spacial score (nSPS) is 10.7. The first kappa shape index (κ1) is 18.5. The van der Waals surface area contributed by atoms with Crippen LogP contribution >= 0.6 is 0 Å². The molecule has 7 nitrogen and oxygen atoms in total. The average molecular weight is 368 g/mol. The van der Waals surface area contributed by atoms with Crippen molar-refractivity contribution in [2.24, 2.45) is 7.05 Å². The van der Waals surface area contributed by atoms with Gasteiger partial charge in [-0.2, -0.15) is 5.10 Å². The molecule has 1 amide bonds. The van der Waals surface area contributed by atoms with Crippen LogP contribution in [0.1, 0.15) is 22.0 Å². The van der Waals surface area contributed by atoms with E-state index in [1.54, 1.807) is 25.2 Å². The maximum Gasteiger partial charge on any atom is 0.269 e. The zero-order valence-electron chi connectivity index (χ0n) is 15.7. The number of carbonyl (C=O) groups excluding carboxylic acids is 1. The molecule has 1 aromatic carbocycles. The monoisotopic (exact) mass is 368 g/mol. The second kappa shape index (κ2) is 7.53. The molecule has 27 heavy (non-hydrogen) atoms. The van der Waals surface area contributed by atoms with Gasteiger partial charge in [-0.05, 0) is 37.3 Å². The molecule has 0 atom stereocenters. The summed E-state index contributed by atoms with van der Waals surface area (Å²) in [6.07, 6.45) is 0. The summed E-state index contributed by atoms with van der Waals surface area (Å²) < 4.78 is 14.6. The Hall–Kier alpha value is -3.29. The minimum absolute atomic E-state index is 0.207. The number of aryl methyl sites for hydroxylation is 2. The van der Waals surface area contributed by atoms with Gasteiger partial charge in [0, 0.05) is 38.5 Å². The van der Waals surface area contributed by atoms with Crippen LogP contribution in [0.5, 0.6) is 0 Å². The van der Waals surface area contributed by atoms with Gasteiger partial charge in [-0.25, -0.2) is 14.4 Å². The summed E-state index contributed by atoms with van der Waals surface area (Å²) in [5.41, 5.74) is 2.57. The van der Waals surface area contributed by atoms with Crippen molar-refractivity contribution in [3.05, 3.63) is 59.4 Å². The zero-order chi connectivity index (χ0) is 19.6. The number of carbonyl (C=O) groups is 1. The highest BCUT2D eigenvalue weighted by molar-refractivity contribution is 5.93. The second-order valence-corrected chi connectivity index (χ2v) is 6.41. The Balaban J connectivity index is 1.74. The number of amides is 1. The molecule has 0 fully saturated rings. The minimum atomic E-state index is -0.317. The number of halogens is 1. The third-order valence-electron chi connectivity index (χ3n) is 4.00. The molecule has 0 unspecified atom stereocenters. The molecular formula is C19H21FN6O. The fraction of sp³-hybridized carbons (Fsp3) is 0.263. The number of nitrogens with one attached hydrogen (secondary N) is 1. The van der Waals surface area contributed by atoms with Crippen molar-refractivity contribution in [1.29, 1.82) is 0 Å². The summed E-state index contributed by atoms with van der Waals surface area (Å²) in [6, 6.07) is 9.53. The van der Waals surface area contributed by atoms with E-state index in [0.717, 1.165) is 17.1 Å². The van der Waals surface area contributed by atoms with Gasteiger partial charge < -0.3 is 10.2 Å². The molecule has 1 N–H and O–H groups in total. The quantitative estimate of drug-likeness (QED) is 0.748. The summed E-state index contributed by atoms with van der Waals surface area (Å²) >= 11 is 0. The number of nitrogens with zero attached hydrogens (tertiary/aromatic N) is 5. The van der Waals surface area contributed by atoms with Crippen LogP contribution < -0.4 is 10.2 Å². The van der Waals surface area contributed by atoms with E-state index < -0.39 is 0 Å². The third kappa shape index (κ3) is 4.28. The summed E-state index contributed by atoms with van der Waals surface area (Å²) in [4.78, 5) is 23.2. The molecule has 0 radical (unpaired) electrons. The van der Waals surface area contributed by atoms with Gasteiger partial charge in [-0.1, -0.05) is 0 Å². The summed E-state index contributed by atoms with van der Waals surface area (Å²) in [5.74, 6) is 0.719. The lowest BCUT2D eigenvalue weighted by molar-refractivity contribution is 0.0940. The van der Waals surface area contributed by atoms with Crippen LogP contribution in [-0.4, -0.2) is 39.8 Å². The van der Waals surface area contributed by atoms with E-state index >= 15 is 0 Å². The minimum Gasteiger partial charge on any atom is -0.363 e. The van der Waals surface area contributed by atoms with Crippen molar-refractivity contribution in [3.63, 3.8) is 0 Å². The predicted molar refractivity (Wildman–Crippen MR) is 101 cm³/mol. The van der Waals surface area contributed by atoms with E-state index in [1.807, 2.05) is 32.0 Å². The topological polar surface area (TPSA) is 75.9 Å². The van der Waals surface area contributed by atoms with E-state index in [4.69, 9.17) is 0 Å². The standard InChI is InChI=1S/C19H21FN6O/c1-12-9-18(25(2)3)23-17(22-12)11-21-19(27)16-10-15(24-26(16)4)13-5-7-14(20)8-6-13/h5-10H,11H2,1-4H3,(H,21,27). The van der Waals surface area contributed by atoms with E-state index in [9.17, 15) is 9.18 Å². The van der Waals surface area contributed by atoms with Gasteiger partial charge in [-0.3, -0.25) is 9.48 Å². The first-order valence-corrected chi connectivity index (χ1v) is 8.43. The van der Waals surface area contributed by atoms with Crippen molar-refractivity contribution in [2.45, 2.75) is 13.5 Å². The molecule has 0 saturated carbocycles.